The van der Waals surface area contributed by atoms with E-state index in [1.807, 2.05) is 30.3 Å². The van der Waals surface area contributed by atoms with Gasteiger partial charge in [0.25, 0.3) is 5.91 Å². The van der Waals surface area contributed by atoms with Crippen LogP contribution in [0.25, 0.3) is 0 Å². The first-order valence-corrected chi connectivity index (χ1v) is 7.83. The molecule has 2 heterocycles. The SMILES string of the molecule is O=C(NCCOc1ccccc1)c1cnoc1C1CCOCC1. The Morgan fingerprint density at radius 2 is 2.04 bits per heavy atom. The third-order valence-electron chi connectivity index (χ3n) is 3.83. The average molecular weight is 316 g/mol. The highest BCUT2D eigenvalue weighted by Gasteiger charge is 2.26. The topological polar surface area (TPSA) is 73.6 Å². The molecule has 0 bridgehead atoms. The molecular weight excluding hydrogens is 296 g/mol. The van der Waals surface area contributed by atoms with Crippen molar-refractivity contribution in [3.05, 3.63) is 47.9 Å². The van der Waals surface area contributed by atoms with Crippen LogP contribution in [0.15, 0.2) is 41.1 Å². The summed E-state index contributed by atoms with van der Waals surface area (Å²) in [5, 5.41) is 6.63. The highest BCUT2D eigenvalue weighted by molar-refractivity contribution is 5.94. The fourth-order valence-electron chi connectivity index (χ4n) is 2.62. The first-order chi connectivity index (χ1) is 11.3. The van der Waals surface area contributed by atoms with E-state index in [1.165, 1.54) is 6.20 Å². The van der Waals surface area contributed by atoms with Crippen LogP contribution in [-0.4, -0.2) is 37.4 Å². The molecule has 1 aromatic heterocycles. The molecule has 2 aromatic rings. The Morgan fingerprint density at radius 3 is 2.83 bits per heavy atom. The molecule has 1 amide bonds. The molecule has 0 aliphatic carbocycles. The number of rotatable bonds is 6. The molecule has 23 heavy (non-hydrogen) atoms. The van der Waals surface area contributed by atoms with E-state index in [0.717, 1.165) is 18.6 Å². The van der Waals surface area contributed by atoms with Crippen LogP contribution in [-0.2, 0) is 4.74 Å². The molecule has 0 spiro atoms. The Balaban J connectivity index is 1.49. The maximum atomic E-state index is 12.3. The van der Waals surface area contributed by atoms with Gasteiger partial charge in [0.15, 0.2) is 5.76 Å². The van der Waals surface area contributed by atoms with E-state index < -0.39 is 0 Å². The standard InChI is InChI=1S/C17H20N2O4/c20-17(18-8-11-22-14-4-2-1-3-5-14)15-12-19-23-16(15)13-6-9-21-10-7-13/h1-5,12-13H,6-11H2,(H,18,20). The normalized spacial score (nSPS) is 15.3. The third-order valence-corrected chi connectivity index (χ3v) is 3.83. The van der Waals surface area contributed by atoms with Crippen LogP contribution in [0, 0.1) is 0 Å². The van der Waals surface area contributed by atoms with Crippen molar-refractivity contribution in [2.75, 3.05) is 26.4 Å². The maximum Gasteiger partial charge on any atom is 0.256 e. The number of nitrogens with zero attached hydrogens (tertiary/aromatic N) is 1. The Bertz CT molecular complexity index is 621. The number of para-hydroxylation sites is 1. The minimum absolute atomic E-state index is 0.176. The number of carbonyl (C=O) groups excluding carboxylic acids is 1. The largest absolute Gasteiger partial charge is 0.492 e. The first kappa shape index (κ1) is 15.6. The van der Waals surface area contributed by atoms with Gasteiger partial charge in [-0.1, -0.05) is 23.4 Å². The molecule has 0 unspecified atom stereocenters. The molecule has 1 aromatic carbocycles. The minimum atomic E-state index is -0.176. The highest BCUT2D eigenvalue weighted by Crippen LogP contribution is 2.29. The summed E-state index contributed by atoms with van der Waals surface area (Å²) in [5.74, 6) is 1.47. The van der Waals surface area contributed by atoms with Crippen LogP contribution >= 0.6 is 0 Å². The van der Waals surface area contributed by atoms with E-state index in [9.17, 15) is 4.79 Å². The molecule has 122 valence electrons. The number of hydrogen-bond donors (Lipinski definition) is 1. The molecule has 6 heteroatoms. The van der Waals surface area contributed by atoms with Crippen LogP contribution in [0.1, 0.15) is 34.9 Å². The molecule has 0 saturated carbocycles. The minimum Gasteiger partial charge on any atom is -0.492 e. The van der Waals surface area contributed by atoms with Crippen molar-refractivity contribution in [1.29, 1.82) is 0 Å². The number of ether oxygens (including phenoxy) is 2. The second kappa shape index (κ2) is 7.78. The molecular formula is C17H20N2O4. The lowest BCUT2D eigenvalue weighted by atomic mass is 9.94. The Morgan fingerprint density at radius 1 is 1.26 bits per heavy atom. The highest BCUT2D eigenvalue weighted by atomic mass is 16.5. The van der Waals surface area contributed by atoms with Gasteiger partial charge < -0.3 is 19.3 Å². The smallest absolute Gasteiger partial charge is 0.256 e. The number of benzene rings is 1. The molecule has 3 rings (SSSR count). The maximum absolute atomic E-state index is 12.3. The summed E-state index contributed by atoms with van der Waals surface area (Å²) in [6, 6.07) is 9.50. The van der Waals surface area contributed by atoms with Crippen LogP contribution in [0.4, 0.5) is 0 Å². The Kier molecular flexibility index (Phi) is 5.26. The quantitative estimate of drug-likeness (QED) is 0.828. The van der Waals surface area contributed by atoms with Crippen molar-refractivity contribution in [3.63, 3.8) is 0 Å². The number of hydrogen-bond acceptors (Lipinski definition) is 5. The predicted molar refractivity (Wildman–Crippen MR) is 83.6 cm³/mol. The Labute approximate surface area is 134 Å². The van der Waals surface area contributed by atoms with Crippen LogP contribution in [0.3, 0.4) is 0 Å². The van der Waals surface area contributed by atoms with Gasteiger partial charge in [-0.25, -0.2) is 0 Å². The first-order valence-electron chi connectivity index (χ1n) is 7.83. The van der Waals surface area contributed by atoms with Crippen LogP contribution < -0.4 is 10.1 Å². The van der Waals surface area contributed by atoms with Gasteiger partial charge in [0.05, 0.1) is 12.7 Å². The van der Waals surface area contributed by atoms with Crippen molar-refractivity contribution < 1.29 is 18.8 Å². The number of nitrogens with one attached hydrogen (secondary N) is 1. The monoisotopic (exact) mass is 316 g/mol. The summed E-state index contributed by atoms with van der Waals surface area (Å²) in [6.07, 6.45) is 3.19. The predicted octanol–water partition coefficient (Wildman–Crippen LogP) is 2.38. The van der Waals surface area contributed by atoms with Gasteiger partial charge in [0.2, 0.25) is 0 Å². The summed E-state index contributed by atoms with van der Waals surface area (Å²) < 4.78 is 16.2. The summed E-state index contributed by atoms with van der Waals surface area (Å²) in [7, 11) is 0. The molecule has 1 N–H and O–H groups in total. The van der Waals surface area contributed by atoms with Gasteiger partial charge in [-0.3, -0.25) is 4.79 Å². The number of carbonyl (C=O) groups is 1. The average Bonchev–Trinajstić information content (AvgIpc) is 3.10. The second-order valence-corrected chi connectivity index (χ2v) is 5.41. The fourth-order valence-corrected chi connectivity index (χ4v) is 2.62. The van der Waals surface area contributed by atoms with Gasteiger partial charge in [0, 0.05) is 19.1 Å². The summed E-state index contributed by atoms with van der Waals surface area (Å²) in [4.78, 5) is 12.3. The molecule has 0 atom stereocenters. The third kappa shape index (κ3) is 4.10. The van der Waals surface area contributed by atoms with Gasteiger partial charge in [-0.05, 0) is 25.0 Å². The van der Waals surface area contributed by atoms with Crippen molar-refractivity contribution in [2.45, 2.75) is 18.8 Å². The molecule has 6 nitrogen and oxygen atoms in total. The molecule has 1 aliphatic heterocycles. The number of aromatic nitrogens is 1. The number of amides is 1. The van der Waals surface area contributed by atoms with Crippen LogP contribution in [0.5, 0.6) is 5.75 Å². The summed E-state index contributed by atoms with van der Waals surface area (Å²) >= 11 is 0. The fraction of sp³-hybridized carbons (Fsp3) is 0.412. The van der Waals surface area contributed by atoms with E-state index in [2.05, 4.69) is 10.5 Å². The summed E-state index contributed by atoms with van der Waals surface area (Å²) in [6.45, 7) is 2.22. The zero-order valence-electron chi connectivity index (χ0n) is 12.9. The van der Waals surface area contributed by atoms with E-state index in [4.69, 9.17) is 14.0 Å². The molecule has 0 radical (unpaired) electrons. The van der Waals surface area contributed by atoms with E-state index in [1.54, 1.807) is 0 Å². The zero-order valence-corrected chi connectivity index (χ0v) is 12.9. The van der Waals surface area contributed by atoms with Crippen molar-refractivity contribution in [2.24, 2.45) is 0 Å². The van der Waals surface area contributed by atoms with Gasteiger partial charge in [-0.15, -0.1) is 0 Å². The molecule has 1 fully saturated rings. The Hall–Kier alpha value is -2.34. The van der Waals surface area contributed by atoms with Gasteiger partial charge in [-0.2, -0.15) is 0 Å². The molecule has 1 aliphatic rings. The van der Waals surface area contributed by atoms with E-state index in [-0.39, 0.29) is 11.8 Å². The lowest BCUT2D eigenvalue weighted by molar-refractivity contribution is 0.0779. The summed E-state index contributed by atoms with van der Waals surface area (Å²) in [5.41, 5.74) is 0.511. The van der Waals surface area contributed by atoms with E-state index in [0.29, 0.717) is 37.7 Å². The van der Waals surface area contributed by atoms with E-state index >= 15 is 0 Å². The zero-order chi connectivity index (χ0) is 15.9. The lowest BCUT2D eigenvalue weighted by Gasteiger charge is -2.20. The molecule has 1 saturated heterocycles. The lowest BCUT2D eigenvalue weighted by Crippen LogP contribution is -2.29. The van der Waals surface area contributed by atoms with Crippen molar-refractivity contribution >= 4 is 5.91 Å². The van der Waals surface area contributed by atoms with Crippen molar-refractivity contribution in [3.8, 4) is 5.75 Å². The second-order valence-electron chi connectivity index (χ2n) is 5.41. The van der Waals surface area contributed by atoms with Crippen molar-refractivity contribution in [1.82, 2.24) is 10.5 Å². The van der Waals surface area contributed by atoms with Gasteiger partial charge in [0.1, 0.15) is 17.9 Å². The van der Waals surface area contributed by atoms with Crippen LogP contribution in [0.2, 0.25) is 0 Å². The van der Waals surface area contributed by atoms with Gasteiger partial charge >= 0.3 is 0 Å².